The lowest BCUT2D eigenvalue weighted by Crippen LogP contribution is -2.23. The largest absolute Gasteiger partial charge is 0.384 e. The number of nitrogens with two attached hydrogens (primary N) is 1. The maximum Gasteiger partial charge on any atom is 0.162 e. The van der Waals surface area contributed by atoms with Crippen molar-refractivity contribution < 1.29 is 4.74 Å². The number of hydrogen-bond donors (Lipinski definition) is 1. The van der Waals surface area contributed by atoms with Crippen molar-refractivity contribution in [3.05, 3.63) is 42.2 Å². The topological polar surface area (TPSA) is 61.0 Å². The molecule has 0 amide bonds. The predicted molar refractivity (Wildman–Crippen MR) is 71.9 cm³/mol. The van der Waals surface area contributed by atoms with Crippen LogP contribution in [0.15, 0.2) is 36.4 Å². The molecule has 1 aromatic carbocycles. The first-order chi connectivity index (χ1) is 8.53. The first kappa shape index (κ1) is 12.5. The Hall–Kier alpha value is -1.94. The number of rotatable bonds is 3. The highest BCUT2D eigenvalue weighted by Gasteiger charge is 2.24. The molecule has 2 N–H and O–H groups in total. The second kappa shape index (κ2) is 4.74. The zero-order valence-electron chi connectivity index (χ0n) is 10.8. The van der Waals surface area contributed by atoms with Crippen molar-refractivity contribution in [1.82, 2.24) is 9.97 Å². The Morgan fingerprint density at radius 1 is 1.11 bits per heavy atom. The number of nitrogens with zero attached hydrogens (tertiary/aromatic N) is 2. The molecule has 1 aromatic heterocycles. The van der Waals surface area contributed by atoms with Crippen LogP contribution in [0.25, 0.3) is 11.3 Å². The van der Waals surface area contributed by atoms with Gasteiger partial charge in [-0.1, -0.05) is 30.3 Å². The summed E-state index contributed by atoms with van der Waals surface area (Å²) in [4.78, 5) is 8.77. The van der Waals surface area contributed by atoms with Crippen molar-refractivity contribution in [2.45, 2.75) is 19.4 Å². The summed E-state index contributed by atoms with van der Waals surface area (Å²) in [7, 11) is 1.63. The monoisotopic (exact) mass is 243 g/mol. The molecule has 0 bridgehead atoms. The van der Waals surface area contributed by atoms with E-state index in [1.165, 1.54) is 0 Å². The minimum atomic E-state index is -0.557. The summed E-state index contributed by atoms with van der Waals surface area (Å²) in [6.45, 7) is 3.83. The molecule has 0 saturated carbocycles. The highest BCUT2D eigenvalue weighted by molar-refractivity contribution is 5.61. The lowest BCUT2D eigenvalue weighted by Gasteiger charge is -2.21. The molecule has 0 saturated heterocycles. The van der Waals surface area contributed by atoms with Gasteiger partial charge in [-0.05, 0) is 13.8 Å². The fourth-order valence-electron chi connectivity index (χ4n) is 1.58. The Morgan fingerprint density at radius 3 is 2.39 bits per heavy atom. The number of anilines is 1. The number of hydrogen-bond acceptors (Lipinski definition) is 4. The first-order valence-electron chi connectivity index (χ1n) is 5.78. The van der Waals surface area contributed by atoms with Crippen LogP contribution in [0.4, 0.5) is 5.82 Å². The standard InChI is InChI=1S/C14H17N3O/c1-14(2,18-3)13-16-11(9-12(15)17-13)10-7-5-4-6-8-10/h4-9H,1-3H3,(H2,15,16,17). The zero-order chi connectivity index (χ0) is 13.2. The molecule has 18 heavy (non-hydrogen) atoms. The van der Waals surface area contributed by atoms with Crippen LogP contribution in [0.1, 0.15) is 19.7 Å². The van der Waals surface area contributed by atoms with E-state index in [0.29, 0.717) is 11.6 Å². The summed E-state index contributed by atoms with van der Waals surface area (Å²) in [6.07, 6.45) is 0. The van der Waals surface area contributed by atoms with E-state index in [0.717, 1.165) is 11.3 Å². The van der Waals surface area contributed by atoms with Crippen LogP contribution in [0.2, 0.25) is 0 Å². The quantitative estimate of drug-likeness (QED) is 0.900. The van der Waals surface area contributed by atoms with Crippen molar-refractivity contribution in [3.63, 3.8) is 0 Å². The summed E-state index contributed by atoms with van der Waals surface area (Å²) >= 11 is 0. The zero-order valence-corrected chi connectivity index (χ0v) is 10.8. The average molecular weight is 243 g/mol. The van der Waals surface area contributed by atoms with Gasteiger partial charge in [-0.15, -0.1) is 0 Å². The normalized spacial score (nSPS) is 11.5. The molecular weight excluding hydrogens is 226 g/mol. The molecule has 2 aromatic rings. The van der Waals surface area contributed by atoms with Crippen molar-refractivity contribution in [1.29, 1.82) is 0 Å². The predicted octanol–water partition coefficient (Wildman–Crippen LogP) is 2.61. The molecule has 0 aliphatic carbocycles. The summed E-state index contributed by atoms with van der Waals surface area (Å²) < 4.78 is 5.39. The SMILES string of the molecule is COC(C)(C)c1nc(N)cc(-c2ccccc2)n1. The third kappa shape index (κ3) is 2.49. The average Bonchev–Trinajstić information content (AvgIpc) is 2.39. The van der Waals surface area contributed by atoms with E-state index in [1.54, 1.807) is 13.2 Å². The summed E-state index contributed by atoms with van der Waals surface area (Å²) in [6, 6.07) is 11.7. The fourth-order valence-corrected chi connectivity index (χ4v) is 1.58. The molecule has 4 nitrogen and oxygen atoms in total. The second-order valence-electron chi connectivity index (χ2n) is 4.58. The van der Waals surface area contributed by atoms with E-state index in [1.807, 2.05) is 44.2 Å². The maximum atomic E-state index is 5.84. The van der Waals surface area contributed by atoms with Gasteiger partial charge in [0.15, 0.2) is 5.82 Å². The van der Waals surface area contributed by atoms with Gasteiger partial charge < -0.3 is 10.5 Å². The van der Waals surface area contributed by atoms with Crippen LogP contribution in [0, 0.1) is 0 Å². The van der Waals surface area contributed by atoms with Crippen molar-refractivity contribution in [3.8, 4) is 11.3 Å². The second-order valence-corrected chi connectivity index (χ2v) is 4.58. The van der Waals surface area contributed by atoms with Gasteiger partial charge in [0.25, 0.3) is 0 Å². The lowest BCUT2D eigenvalue weighted by atomic mass is 10.1. The van der Waals surface area contributed by atoms with E-state index in [4.69, 9.17) is 10.5 Å². The molecule has 0 aliphatic rings. The van der Waals surface area contributed by atoms with E-state index in [9.17, 15) is 0 Å². The molecule has 0 aliphatic heterocycles. The van der Waals surface area contributed by atoms with Crippen molar-refractivity contribution in [2.24, 2.45) is 0 Å². The van der Waals surface area contributed by atoms with Crippen molar-refractivity contribution >= 4 is 5.82 Å². The first-order valence-corrected chi connectivity index (χ1v) is 5.78. The van der Waals surface area contributed by atoms with Crippen LogP contribution < -0.4 is 5.73 Å². The van der Waals surface area contributed by atoms with Gasteiger partial charge in [0, 0.05) is 18.7 Å². The van der Waals surface area contributed by atoms with Gasteiger partial charge in [-0.2, -0.15) is 0 Å². The molecule has 94 valence electrons. The molecule has 0 radical (unpaired) electrons. The Balaban J connectivity index is 2.52. The van der Waals surface area contributed by atoms with Crippen LogP contribution in [0.5, 0.6) is 0 Å². The third-order valence-corrected chi connectivity index (χ3v) is 2.86. The minimum absolute atomic E-state index is 0.448. The van der Waals surface area contributed by atoms with Gasteiger partial charge in [-0.25, -0.2) is 9.97 Å². The summed E-state index contributed by atoms with van der Waals surface area (Å²) in [5.41, 5.74) is 7.11. The van der Waals surface area contributed by atoms with Gasteiger partial charge in [0.05, 0.1) is 5.69 Å². The Kier molecular flexibility index (Phi) is 3.30. The van der Waals surface area contributed by atoms with E-state index in [-0.39, 0.29) is 0 Å². The van der Waals surface area contributed by atoms with Gasteiger partial charge >= 0.3 is 0 Å². The molecule has 0 unspecified atom stereocenters. The van der Waals surface area contributed by atoms with E-state index in [2.05, 4.69) is 9.97 Å². The van der Waals surface area contributed by atoms with Crippen LogP contribution >= 0.6 is 0 Å². The molecule has 0 spiro atoms. The smallest absolute Gasteiger partial charge is 0.162 e. The molecule has 2 rings (SSSR count). The van der Waals surface area contributed by atoms with E-state index < -0.39 is 5.60 Å². The van der Waals surface area contributed by atoms with Crippen LogP contribution in [0.3, 0.4) is 0 Å². The third-order valence-electron chi connectivity index (χ3n) is 2.86. The number of ether oxygens (including phenoxy) is 1. The van der Waals surface area contributed by atoms with E-state index >= 15 is 0 Å². The molecular formula is C14H17N3O. The maximum absolute atomic E-state index is 5.84. The molecule has 0 fully saturated rings. The number of methoxy groups -OCH3 is 1. The minimum Gasteiger partial charge on any atom is -0.384 e. The molecule has 0 atom stereocenters. The Labute approximate surface area is 107 Å². The fraction of sp³-hybridized carbons (Fsp3) is 0.286. The van der Waals surface area contributed by atoms with Gasteiger partial charge in [0.2, 0.25) is 0 Å². The number of nitrogen functional groups attached to an aromatic ring is 1. The van der Waals surface area contributed by atoms with Gasteiger partial charge in [0.1, 0.15) is 11.4 Å². The summed E-state index contributed by atoms with van der Waals surface area (Å²) in [5.74, 6) is 1.04. The van der Waals surface area contributed by atoms with Crippen LogP contribution in [-0.4, -0.2) is 17.1 Å². The number of aromatic nitrogens is 2. The van der Waals surface area contributed by atoms with Gasteiger partial charge in [-0.3, -0.25) is 0 Å². The molecule has 4 heteroatoms. The summed E-state index contributed by atoms with van der Waals surface area (Å²) in [5, 5.41) is 0. The highest BCUT2D eigenvalue weighted by Crippen LogP contribution is 2.25. The highest BCUT2D eigenvalue weighted by atomic mass is 16.5. The number of benzene rings is 1. The molecule has 1 heterocycles. The van der Waals surface area contributed by atoms with Crippen molar-refractivity contribution in [2.75, 3.05) is 12.8 Å². The Bertz CT molecular complexity index is 538. The van der Waals surface area contributed by atoms with Crippen LogP contribution in [-0.2, 0) is 10.3 Å². The lowest BCUT2D eigenvalue weighted by molar-refractivity contribution is 0.0117. The Morgan fingerprint density at radius 2 is 1.78 bits per heavy atom.